The van der Waals surface area contributed by atoms with Crippen molar-refractivity contribution in [3.05, 3.63) is 66.3 Å². The smallest absolute Gasteiger partial charge is 0.179 e. The van der Waals surface area contributed by atoms with E-state index in [1.807, 2.05) is 58.0 Å². The van der Waals surface area contributed by atoms with Gasteiger partial charge in [-0.05, 0) is 61.2 Å². The third-order valence-electron chi connectivity index (χ3n) is 6.36. The molecule has 2 aromatic rings. The van der Waals surface area contributed by atoms with Crippen LogP contribution in [0.2, 0.25) is 0 Å². The number of rotatable bonds is 9. The molecular formula is C33H52N2O3S2. The van der Waals surface area contributed by atoms with Crippen LogP contribution in [0.15, 0.2) is 55.0 Å². The van der Waals surface area contributed by atoms with Gasteiger partial charge in [0.05, 0.1) is 12.3 Å². The molecule has 1 aliphatic carbocycles. The highest BCUT2D eigenvalue weighted by Crippen LogP contribution is 2.33. The van der Waals surface area contributed by atoms with Crippen molar-refractivity contribution >= 4 is 39.2 Å². The van der Waals surface area contributed by atoms with Crippen molar-refractivity contribution in [2.75, 3.05) is 12.0 Å². The maximum atomic E-state index is 10.8. The molecule has 0 radical (unpaired) electrons. The summed E-state index contributed by atoms with van der Waals surface area (Å²) >= 11 is 0. The number of aldehydes is 1. The minimum absolute atomic E-state index is 0.0289. The first-order valence-electron chi connectivity index (χ1n) is 14.4. The minimum atomic E-state index is -0.0527. The number of aliphatic hydroxyl groups excluding tert-OH is 1. The zero-order valence-electron chi connectivity index (χ0n) is 25.9. The van der Waals surface area contributed by atoms with Gasteiger partial charge in [-0.3, -0.25) is 14.6 Å². The van der Waals surface area contributed by atoms with Crippen molar-refractivity contribution in [1.29, 1.82) is 0 Å². The van der Waals surface area contributed by atoms with E-state index >= 15 is 0 Å². The highest BCUT2D eigenvalue weighted by molar-refractivity contribution is 8.76. The van der Waals surface area contributed by atoms with Gasteiger partial charge in [-0.15, -0.1) is 0 Å². The van der Waals surface area contributed by atoms with Gasteiger partial charge < -0.3 is 5.11 Å². The van der Waals surface area contributed by atoms with Crippen LogP contribution in [0.25, 0.3) is 5.57 Å². The summed E-state index contributed by atoms with van der Waals surface area (Å²) in [5.41, 5.74) is 2.21. The van der Waals surface area contributed by atoms with E-state index in [0.29, 0.717) is 23.4 Å². The number of aromatic nitrogens is 2. The maximum Gasteiger partial charge on any atom is 0.179 e. The molecule has 0 bridgehead atoms. The second-order valence-electron chi connectivity index (χ2n) is 10.8. The van der Waals surface area contributed by atoms with E-state index in [0.717, 1.165) is 36.2 Å². The number of nitrogens with zero attached hydrogens (tertiary/aromatic N) is 2. The number of Topliss-reactive ketones (excluding diaryl/α,β-unsaturated/α-hetero) is 1. The molecule has 1 aromatic heterocycles. The SMILES string of the molecule is CC(=O)c1cnccn1.CC(C)CC=C(C=O)c1ccccc1.CC1CCC(C(C)C)C(O)C1.CCCSSC. The largest absolute Gasteiger partial charge is 0.393 e. The zero-order chi connectivity index (χ0) is 30.3. The third kappa shape index (κ3) is 18.4. The predicted molar refractivity (Wildman–Crippen MR) is 176 cm³/mol. The molecule has 7 heteroatoms. The van der Waals surface area contributed by atoms with Crippen LogP contribution in [0.4, 0.5) is 0 Å². The van der Waals surface area contributed by atoms with Gasteiger partial charge in [0.1, 0.15) is 12.0 Å². The standard InChI is InChI=1S/C13H16O.C10H20O.C6H6N2O.C4H10S2/c1-11(2)8-9-13(10-14)12-6-4-3-5-7-12;1-7(2)9-5-4-8(3)6-10(9)11;1-5(9)6-4-7-2-3-8-6;1-3-4-6-5-2/h3-7,9-11H,8H2,1-2H3;7-11H,4-6H2,1-3H3;2-4H,1H3;3-4H2,1-2H3. The Balaban J connectivity index is 0.000000529. The molecule has 5 nitrogen and oxygen atoms in total. The lowest BCUT2D eigenvalue weighted by Gasteiger charge is -2.33. The van der Waals surface area contributed by atoms with E-state index in [2.05, 4.69) is 57.8 Å². The Morgan fingerprint density at radius 1 is 1.12 bits per heavy atom. The summed E-state index contributed by atoms with van der Waals surface area (Å²) in [7, 11) is 3.77. The van der Waals surface area contributed by atoms with E-state index in [-0.39, 0.29) is 11.9 Å². The van der Waals surface area contributed by atoms with Crippen LogP contribution in [0.5, 0.6) is 0 Å². The first-order valence-corrected chi connectivity index (χ1v) is 17.1. The van der Waals surface area contributed by atoms with Crippen LogP contribution in [0, 0.1) is 23.7 Å². The predicted octanol–water partition coefficient (Wildman–Crippen LogP) is 8.84. The molecule has 1 N–H and O–H groups in total. The fraction of sp³-hybridized carbons (Fsp3) is 0.576. The van der Waals surface area contributed by atoms with Crippen molar-refractivity contribution in [1.82, 2.24) is 9.97 Å². The molecule has 1 aliphatic rings. The van der Waals surface area contributed by atoms with Crippen molar-refractivity contribution in [2.24, 2.45) is 23.7 Å². The topological polar surface area (TPSA) is 80.2 Å². The van der Waals surface area contributed by atoms with Gasteiger partial charge in [-0.1, -0.05) is 106 Å². The fourth-order valence-electron chi connectivity index (χ4n) is 4.03. The zero-order valence-corrected chi connectivity index (χ0v) is 27.5. The van der Waals surface area contributed by atoms with Crippen LogP contribution in [0.1, 0.15) is 96.6 Å². The molecule has 1 fully saturated rings. The Morgan fingerprint density at radius 3 is 2.20 bits per heavy atom. The van der Waals surface area contributed by atoms with Gasteiger partial charge in [-0.2, -0.15) is 0 Å². The van der Waals surface area contributed by atoms with Gasteiger partial charge in [0.15, 0.2) is 5.78 Å². The number of hydrogen-bond donors (Lipinski definition) is 1. The van der Waals surface area contributed by atoms with E-state index < -0.39 is 0 Å². The third-order valence-corrected chi connectivity index (χ3v) is 8.38. The molecule has 3 rings (SSSR count). The average molecular weight is 589 g/mol. The van der Waals surface area contributed by atoms with Gasteiger partial charge >= 0.3 is 0 Å². The number of carbonyl (C=O) groups is 2. The van der Waals surface area contributed by atoms with Gasteiger partial charge in [0.2, 0.25) is 0 Å². The number of ketones is 1. The second-order valence-corrected chi connectivity index (χ2v) is 13.5. The molecule has 0 spiro atoms. The number of allylic oxidation sites excluding steroid dienone is 2. The summed E-state index contributed by atoms with van der Waals surface area (Å²) in [6.45, 7) is 14.6. The van der Waals surface area contributed by atoms with Crippen LogP contribution in [-0.2, 0) is 4.79 Å². The minimum Gasteiger partial charge on any atom is -0.393 e. The average Bonchev–Trinajstić information content (AvgIpc) is 2.94. The monoisotopic (exact) mass is 588 g/mol. The first-order chi connectivity index (χ1) is 19.1. The normalized spacial score (nSPS) is 18.4. The van der Waals surface area contributed by atoms with E-state index in [1.54, 1.807) is 0 Å². The molecule has 0 saturated heterocycles. The van der Waals surface area contributed by atoms with Crippen molar-refractivity contribution < 1.29 is 14.7 Å². The molecule has 40 heavy (non-hydrogen) atoms. The number of hydrogen-bond acceptors (Lipinski definition) is 7. The molecular weight excluding hydrogens is 537 g/mol. The van der Waals surface area contributed by atoms with Crippen LogP contribution in [-0.4, -0.2) is 45.3 Å². The fourth-order valence-corrected chi connectivity index (χ4v) is 5.36. The molecule has 1 aromatic carbocycles. The van der Waals surface area contributed by atoms with Gasteiger partial charge in [0, 0.05) is 30.6 Å². The summed E-state index contributed by atoms with van der Waals surface area (Å²) < 4.78 is 0. The summed E-state index contributed by atoms with van der Waals surface area (Å²) in [6.07, 6.45) is 15.3. The summed E-state index contributed by atoms with van der Waals surface area (Å²) in [6, 6.07) is 9.76. The van der Waals surface area contributed by atoms with Gasteiger partial charge in [0.25, 0.3) is 0 Å². The number of aliphatic hydroxyl groups is 1. The lowest BCUT2D eigenvalue weighted by Crippen LogP contribution is -2.31. The highest BCUT2D eigenvalue weighted by atomic mass is 33.1. The Bertz CT molecular complexity index is 933. The molecule has 224 valence electrons. The van der Waals surface area contributed by atoms with Crippen LogP contribution < -0.4 is 0 Å². The van der Waals surface area contributed by atoms with E-state index in [4.69, 9.17) is 0 Å². The summed E-state index contributed by atoms with van der Waals surface area (Å²) in [5.74, 6) is 3.78. The Labute approximate surface area is 251 Å². The lowest BCUT2D eigenvalue weighted by atomic mass is 9.75. The molecule has 3 unspecified atom stereocenters. The first kappa shape index (κ1) is 38.0. The summed E-state index contributed by atoms with van der Waals surface area (Å²) in [4.78, 5) is 28.9. The molecule has 0 amide bonds. The lowest BCUT2D eigenvalue weighted by molar-refractivity contribution is -0.103. The van der Waals surface area contributed by atoms with Crippen molar-refractivity contribution in [2.45, 2.75) is 86.7 Å². The highest BCUT2D eigenvalue weighted by Gasteiger charge is 2.28. The van der Waals surface area contributed by atoms with E-state index in [1.165, 1.54) is 50.5 Å². The molecule has 3 atom stereocenters. The second kappa shape index (κ2) is 23.7. The number of carbonyl (C=O) groups excluding carboxylic acids is 2. The molecule has 1 saturated carbocycles. The van der Waals surface area contributed by atoms with Crippen LogP contribution >= 0.6 is 21.6 Å². The van der Waals surface area contributed by atoms with Crippen molar-refractivity contribution in [3.8, 4) is 0 Å². The van der Waals surface area contributed by atoms with E-state index in [9.17, 15) is 14.7 Å². The Hall–Kier alpha value is -1.96. The quantitative estimate of drug-likeness (QED) is 0.103. The van der Waals surface area contributed by atoms with Gasteiger partial charge in [-0.25, -0.2) is 4.98 Å². The Morgan fingerprint density at radius 2 is 1.80 bits per heavy atom. The number of benzene rings is 1. The van der Waals surface area contributed by atoms with Crippen LogP contribution in [0.3, 0.4) is 0 Å². The Kier molecular flexibility index (Phi) is 22.6. The molecule has 1 heterocycles. The van der Waals surface area contributed by atoms with Crippen molar-refractivity contribution in [3.63, 3.8) is 0 Å². The molecule has 0 aliphatic heterocycles. The summed E-state index contributed by atoms with van der Waals surface area (Å²) in [5, 5.41) is 9.71. The maximum absolute atomic E-state index is 10.8.